The summed E-state index contributed by atoms with van der Waals surface area (Å²) in [6, 6.07) is 12.8. The number of hydrogen-bond acceptors (Lipinski definition) is 4. The lowest BCUT2D eigenvalue weighted by molar-refractivity contribution is -0.120. The van der Waals surface area contributed by atoms with Crippen molar-refractivity contribution in [3.05, 3.63) is 70.4 Å². The summed E-state index contributed by atoms with van der Waals surface area (Å²) in [5.74, 6) is 0.113. The molecule has 0 aliphatic heterocycles. The van der Waals surface area contributed by atoms with Crippen molar-refractivity contribution in [3.63, 3.8) is 0 Å². The average Bonchev–Trinajstić information content (AvgIpc) is 2.64. The number of pyridine rings is 1. The molecule has 0 aliphatic carbocycles. The summed E-state index contributed by atoms with van der Waals surface area (Å²) in [6.45, 7) is 0.506. The van der Waals surface area contributed by atoms with Gasteiger partial charge in [-0.1, -0.05) is 24.3 Å². The largest absolute Gasteiger partial charge is 0.350 e. The number of halogens is 1. The molecule has 0 bridgehead atoms. The zero-order chi connectivity index (χ0) is 17.6. The summed E-state index contributed by atoms with van der Waals surface area (Å²) in [7, 11) is 0. The molecule has 7 heteroatoms. The monoisotopic (exact) mass is 356 g/mol. The minimum atomic E-state index is -0.183. The van der Waals surface area contributed by atoms with Crippen LogP contribution >= 0.6 is 11.6 Å². The molecule has 0 saturated heterocycles. The van der Waals surface area contributed by atoms with E-state index in [0.717, 1.165) is 11.1 Å². The highest BCUT2D eigenvalue weighted by atomic mass is 35.5. The van der Waals surface area contributed by atoms with Gasteiger partial charge in [-0.05, 0) is 18.2 Å². The van der Waals surface area contributed by atoms with E-state index in [4.69, 9.17) is 11.6 Å². The van der Waals surface area contributed by atoms with Gasteiger partial charge in [-0.15, -0.1) is 11.6 Å². The van der Waals surface area contributed by atoms with Gasteiger partial charge >= 0.3 is 0 Å². The van der Waals surface area contributed by atoms with E-state index in [1.54, 1.807) is 12.3 Å². The van der Waals surface area contributed by atoms with Gasteiger partial charge in [0.2, 0.25) is 5.91 Å². The maximum absolute atomic E-state index is 12.7. The first-order valence-corrected chi connectivity index (χ1v) is 8.44. The molecule has 0 unspecified atom stereocenters. The topological polar surface area (TPSA) is 76.9 Å². The fourth-order valence-corrected chi connectivity index (χ4v) is 2.72. The van der Waals surface area contributed by atoms with E-state index in [9.17, 15) is 9.59 Å². The van der Waals surface area contributed by atoms with Gasteiger partial charge in [0.15, 0.2) is 0 Å². The van der Waals surface area contributed by atoms with Crippen molar-refractivity contribution in [3.8, 4) is 0 Å². The number of nitrogens with zero attached hydrogens (tertiary/aromatic N) is 3. The molecule has 128 valence electrons. The fourth-order valence-electron chi connectivity index (χ4n) is 2.54. The second-order valence-electron chi connectivity index (χ2n) is 5.49. The molecular weight excluding hydrogens is 340 g/mol. The van der Waals surface area contributed by atoms with E-state index in [2.05, 4.69) is 15.4 Å². The molecule has 1 amide bonds. The number of hydrogen-bond donors (Lipinski definition) is 1. The van der Waals surface area contributed by atoms with Gasteiger partial charge < -0.3 is 5.32 Å². The summed E-state index contributed by atoms with van der Waals surface area (Å²) in [5, 5.41) is 8.53. The van der Waals surface area contributed by atoms with E-state index in [1.807, 2.05) is 36.4 Å². The minimum absolute atomic E-state index is 0.150. The predicted octanol–water partition coefficient (Wildman–Crippen LogP) is 2.08. The van der Waals surface area contributed by atoms with Crippen LogP contribution in [0.2, 0.25) is 0 Å². The van der Waals surface area contributed by atoms with Gasteiger partial charge in [0.1, 0.15) is 0 Å². The summed E-state index contributed by atoms with van der Waals surface area (Å²) in [6.07, 6.45) is 1.92. The SMILES string of the molecule is O=C(CCCl)NCc1nn(Cc2ccccn2)c(=O)c2ccccc12. The lowest BCUT2D eigenvalue weighted by Crippen LogP contribution is -2.29. The molecule has 2 heterocycles. The molecule has 2 aromatic heterocycles. The number of alkyl halides is 1. The number of fused-ring (bicyclic) bond motifs is 1. The first kappa shape index (κ1) is 17.1. The number of rotatable bonds is 6. The Kier molecular flexibility index (Phi) is 5.40. The quantitative estimate of drug-likeness (QED) is 0.686. The Hall–Kier alpha value is -2.73. The van der Waals surface area contributed by atoms with E-state index in [0.29, 0.717) is 11.1 Å². The van der Waals surface area contributed by atoms with E-state index < -0.39 is 0 Å². The van der Waals surface area contributed by atoms with Crippen LogP contribution in [0.25, 0.3) is 10.8 Å². The van der Waals surface area contributed by atoms with Crippen LogP contribution in [-0.4, -0.2) is 26.6 Å². The number of amides is 1. The predicted molar refractivity (Wildman–Crippen MR) is 96.5 cm³/mol. The number of carbonyl (C=O) groups is 1. The Balaban J connectivity index is 1.98. The molecule has 1 aromatic carbocycles. The lowest BCUT2D eigenvalue weighted by Gasteiger charge is -2.11. The van der Waals surface area contributed by atoms with Crippen LogP contribution < -0.4 is 10.9 Å². The van der Waals surface area contributed by atoms with Crippen LogP contribution in [0, 0.1) is 0 Å². The second kappa shape index (κ2) is 7.90. The Morgan fingerprint density at radius 2 is 1.88 bits per heavy atom. The van der Waals surface area contributed by atoms with E-state index in [-0.39, 0.29) is 36.9 Å². The Morgan fingerprint density at radius 1 is 1.12 bits per heavy atom. The number of nitrogens with one attached hydrogen (secondary N) is 1. The molecular formula is C18H17ClN4O2. The number of benzene rings is 1. The third-order valence-electron chi connectivity index (χ3n) is 3.76. The molecule has 0 atom stereocenters. The number of carbonyl (C=O) groups excluding carboxylic acids is 1. The molecule has 3 aromatic rings. The molecule has 0 saturated carbocycles. The Labute approximate surface area is 149 Å². The molecule has 3 rings (SSSR count). The van der Waals surface area contributed by atoms with Gasteiger partial charge in [0.25, 0.3) is 5.56 Å². The highest BCUT2D eigenvalue weighted by molar-refractivity contribution is 6.18. The van der Waals surface area contributed by atoms with Gasteiger partial charge in [-0.3, -0.25) is 14.6 Å². The first-order valence-electron chi connectivity index (χ1n) is 7.90. The summed E-state index contributed by atoms with van der Waals surface area (Å²) in [5.41, 5.74) is 1.19. The molecule has 25 heavy (non-hydrogen) atoms. The van der Waals surface area contributed by atoms with Crippen molar-refractivity contribution in [2.75, 3.05) is 5.88 Å². The van der Waals surface area contributed by atoms with Crippen LogP contribution in [0.4, 0.5) is 0 Å². The molecule has 0 spiro atoms. The fraction of sp³-hybridized carbons (Fsp3) is 0.222. The van der Waals surface area contributed by atoms with Crippen molar-refractivity contribution in [1.29, 1.82) is 0 Å². The molecule has 1 N–H and O–H groups in total. The van der Waals surface area contributed by atoms with E-state index >= 15 is 0 Å². The second-order valence-corrected chi connectivity index (χ2v) is 5.87. The summed E-state index contributed by atoms with van der Waals surface area (Å²) < 4.78 is 1.38. The van der Waals surface area contributed by atoms with Gasteiger partial charge in [-0.25, -0.2) is 4.68 Å². The Morgan fingerprint density at radius 3 is 2.60 bits per heavy atom. The van der Waals surface area contributed by atoms with E-state index in [1.165, 1.54) is 4.68 Å². The smallest absolute Gasteiger partial charge is 0.275 e. The highest BCUT2D eigenvalue weighted by Crippen LogP contribution is 2.13. The van der Waals surface area contributed by atoms with Gasteiger partial charge in [0, 0.05) is 23.9 Å². The third kappa shape index (κ3) is 4.03. The molecule has 0 aliphatic rings. The van der Waals surface area contributed by atoms with Crippen molar-refractivity contribution >= 4 is 28.3 Å². The zero-order valence-corrected chi connectivity index (χ0v) is 14.2. The lowest BCUT2D eigenvalue weighted by atomic mass is 10.1. The third-order valence-corrected chi connectivity index (χ3v) is 3.95. The summed E-state index contributed by atoms with van der Waals surface area (Å²) in [4.78, 5) is 28.6. The van der Waals surface area contributed by atoms with Crippen molar-refractivity contribution in [2.45, 2.75) is 19.5 Å². The van der Waals surface area contributed by atoms with Crippen LogP contribution in [-0.2, 0) is 17.9 Å². The van der Waals surface area contributed by atoms with Crippen molar-refractivity contribution in [1.82, 2.24) is 20.1 Å². The van der Waals surface area contributed by atoms with Crippen LogP contribution in [0.5, 0.6) is 0 Å². The van der Waals surface area contributed by atoms with Gasteiger partial charge in [0.05, 0.1) is 29.9 Å². The minimum Gasteiger partial charge on any atom is -0.350 e. The molecule has 6 nitrogen and oxygen atoms in total. The van der Waals surface area contributed by atoms with Crippen molar-refractivity contribution < 1.29 is 4.79 Å². The standard InChI is InChI=1S/C18H17ClN4O2/c19-9-8-17(24)21-11-16-14-6-1-2-7-15(14)18(25)23(22-16)12-13-5-3-4-10-20-13/h1-7,10H,8-9,11-12H2,(H,21,24). The Bertz CT molecular complexity index is 941. The molecule has 0 fully saturated rings. The zero-order valence-electron chi connectivity index (χ0n) is 13.5. The highest BCUT2D eigenvalue weighted by Gasteiger charge is 2.12. The van der Waals surface area contributed by atoms with Crippen molar-refractivity contribution in [2.24, 2.45) is 0 Å². The van der Waals surface area contributed by atoms with Crippen LogP contribution in [0.15, 0.2) is 53.5 Å². The number of aromatic nitrogens is 3. The van der Waals surface area contributed by atoms with Gasteiger partial charge in [-0.2, -0.15) is 5.10 Å². The van der Waals surface area contributed by atoms with Crippen LogP contribution in [0.1, 0.15) is 17.8 Å². The molecule has 0 radical (unpaired) electrons. The first-order chi connectivity index (χ1) is 12.2. The normalized spacial score (nSPS) is 10.8. The maximum Gasteiger partial charge on any atom is 0.275 e. The van der Waals surface area contributed by atoms with Crippen LogP contribution in [0.3, 0.4) is 0 Å². The average molecular weight is 357 g/mol. The maximum atomic E-state index is 12.7. The summed E-state index contributed by atoms with van der Waals surface area (Å²) >= 11 is 5.58.